The van der Waals surface area contributed by atoms with Crippen molar-refractivity contribution in [3.05, 3.63) is 65.6 Å². The molecule has 34 heavy (non-hydrogen) atoms. The molecule has 0 radical (unpaired) electrons. The van der Waals surface area contributed by atoms with Crippen LogP contribution in [0.25, 0.3) is 22.8 Å². The zero-order valence-electron chi connectivity index (χ0n) is 19.1. The maximum atomic E-state index is 13.3. The first-order valence-corrected chi connectivity index (χ1v) is 13.4. The Balaban J connectivity index is 1.30. The van der Waals surface area contributed by atoms with Gasteiger partial charge in [0, 0.05) is 24.2 Å². The van der Waals surface area contributed by atoms with E-state index in [1.807, 2.05) is 13.0 Å². The van der Waals surface area contributed by atoms with Gasteiger partial charge >= 0.3 is 0 Å². The smallest absolute Gasteiger partial charge is 0.280 e. The summed E-state index contributed by atoms with van der Waals surface area (Å²) >= 11 is 0. The molecule has 8 heteroatoms. The summed E-state index contributed by atoms with van der Waals surface area (Å²) in [6, 6.07) is 12.5. The summed E-state index contributed by atoms with van der Waals surface area (Å²) in [6.07, 6.45) is 6.28. The molecule has 0 amide bonds. The molecule has 6 nitrogen and oxygen atoms in total. The maximum absolute atomic E-state index is 13.3. The third-order valence-corrected chi connectivity index (χ3v) is 9.54. The highest BCUT2D eigenvalue weighted by Gasteiger charge is 2.59. The summed E-state index contributed by atoms with van der Waals surface area (Å²) in [6.45, 7) is 3.15. The minimum absolute atomic E-state index is 0.268. The predicted molar refractivity (Wildman–Crippen MR) is 128 cm³/mol. The zero-order valence-corrected chi connectivity index (χ0v) is 19.9. The van der Waals surface area contributed by atoms with Gasteiger partial charge in [-0.25, -0.2) is 9.37 Å². The topological polar surface area (TPSA) is 75.4 Å². The lowest BCUT2D eigenvalue weighted by atomic mass is 9.79. The second kappa shape index (κ2) is 8.00. The van der Waals surface area contributed by atoms with E-state index in [0.29, 0.717) is 30.7 Å². The van der Waals surface area contributed by atoms with Crippen LogP contribution in [0.3, 0.4) is 0 Å². The Labute approximate surface area is 199 Å². The first-order chi connectivity index (χ1) is 16.4. The number of hydrogen-bond acceptors (Lipinski definition) is 4. The highest BCUT2D eigenvalue weighted by Crippen LogP contribution is 2.50. The molecule has 2 bridgehead atoms. The highest BCUT2D eigenvalue weighted by molar-refractivity contribution is 7.87. The molecular weight excluding hydrogens is 453 g/mol. The molecule has 178 valence electrons. The summed E-state index contributed by atoms with van der Waals surface area (Å²) in [5.41, 5.74) is 3.83. The largest absolute Gasteiger partial charge is 0.436 e. The number of aromatic nitrogens is 1. The third-order valence-electron chi connectivity index (χ3n) is 7.91. The van der Waals surface area contributed by atoms with Crippen LogP contribution in [-0.2, 0) is 23.1 Å². The SMILES string of the molecule is CCCN1CC2(NS1(=O)=O)C1CCC2Cc2cc(-c3ncc(-c4ccc(F)cc4)o3)ccc2C1. The molecule has 2 fully saturated rings. The van der Waals surface area contributed by atoms with Gasteiger partial charge in [0.15, 0.2) is 5.76 Å². The molecule has 1 saturated carbocycles. The number of oxazole rings is 1. The van der Waals surface area contributed by atoms with Gasteiger partial charge in [-0.15, -0.1) is 0 Å². The fraction of sp³-hybridized carbons (Fsp3) is 0.423. The minimum atomic E-state index is -3.43. The van der Waals surface area contributed by atoms with Crippen LogP contribution >= 0.6 is 0 Å². The lowest BCUT2D eigenvalue weighted by molar-refractivity contribution is 0.213. The molecule has 2 aliphatic carbocycles. The Morgan fingerprint density at radius 2 is 1.79 bits per heavy atom. The molecule has 3 unspecified atom stereocenters. The first kappa shape index (κ1) is 21.9. The van der Waals surface area contributed by atoms with Gasteiger partial charge in [-0.05, 0) is 91.5 Å². The normalized spacial score (nSPS) is 27.7. The Kier molecular flexibility index (Phi) is 5.17. The van der Waals surface area contributed by atoms with E-state index in [0.717, 1.165) is 43.2 Å². The number of halogens is 1. The van der Waals surface area contributed by atoms with Gasteiger partial charge in [0.1, 0.15) is 5.82 Å². The van der Waals surface area contributed by atoms with Crippen LogP contribution in [0.4, 0.5) is 4.39 Å². The van der Waals surface area contributed by atoms with Gasteiger partial charge in [-0.3, -0.25) is 0 Å². The average molecular weight is 482 g/mol. The van der Waals surface area contributed by atoms with Gasteiger partial charge in [-0.1, -0.05) is 13.0 Å². The second-order valence-corrected chi connectivity index (χ2v) is 11.6. The molecule has 1 saturated heterocycles. The third kappa shape index (κ3) is 3.51. The van der Waals surface area contributed by atoms with Crippen LogP contribution in [0, 0.1) is 17.7 Å². The van der Waals surface area contributed by atoms with Crippen molar-refractivity contribution in [1.82, 2.24) is 14.0 Å². The molecule has 1 aliphatic heterocycles. The highest BCUT2D eigenvalue weighted by atomic mass is 32.2. The Bertz CT molecular complexity index is 1340. The number of nitrogens with one attached hydrogen (secondary N) is 1. The number of rotatable bonds is 4. The van der Waals surface area contributed by atoms with E-state index in [1.165, 1.54) is 23.3 Å². The lowest BCUT2D eigenvalue weighted by Crippen LogP contribution is -2.52. The van der Waals surface area contributed by atoms with Crippen LogP contribution in [0.2, 0.25) is 0 Å². The molecule has 3 atom stereocenters. The molecule has 2 aromatic carbocycles. The van der Waals surface area contributed by atoms with Crippen molar-refractivity contribution in [2.24, 2.45) is 11.8 Å². The molecule has 3 aromatic rings. The summed E-state index contributed by atoms with van der Waals surface area (Å²) in [7, 11) is -3.43. The van der Waals surface area contributed by atoms with Crippen LogP contribution in [-0.4, -0.2) is 36.3 Å². The Hall–Kier alpha value is -2.55. The monoisotopic (exact) mass is 481 g/mol. The quantitative estimate of drug-likeness (QED) is 0.592. The Morgan fingerprint density at radius 1 is 1.09 bits per heavy atom. The van der Waals surface area contributed by atoms with E-state index in [4.69, 9.17) is 4.42 Å². The standard InChI is InChI=1S/C26H28FN3O3S/c1-2-11-30-16-26(29-34(30,31)32)21-7-8-22(26)14-20-12-19(4-3-18(20)13-21)25-28-15-24(33-25)17-5-9-23(27)10-6-17/h3-6,9-10,12,15,21-22,29H,2,7-8,11,13-14,16H2,1H3. The van der Waals surface area contributed by atoms with Crippen LogP contribution in [0.5, 0.6) is 0 Å². The predicted octanol–water partition coefficient (Wildman–Crippen LogP) is 4.57. The molecule has 6 rings (SSSR count). The molecule has 3 aliphatic rings. The van der Waals surface area contributed by atoms with Crippen molar-refractivity contribution in [3.8, 4) is 22.8 Å². The number of benzene rings is 2. The van der Waals surface area contributed by atoms with Crippen molar-refractivity contribution in [2.45, 2.75) is 44.6 Å². The number of nitrogens with zero attached hydrogens (tertiary/aromatic N) is 2. The van der Waals surface area contributed by atoms with Crippen LogP contribution in [0.15, 0.2) is 53.1 Å². The summed E-state index contributed by atoms with van der Waals surface area (Å²) < 4.78 is 49.8. The fourth-order valence-electron chi connectivity index (χ4n) is 6.24. The van der Waals surface area contributed by atoms with Gasteiger partial charge in [0.2, 0.25) is 5.89 Å². The van der Waals surface area contributed by atoms with Gasteiger partial charge < -0.3 is 4.42 Å². The van der Waals surface area contributed by atoms with E-state index in [-0.39, 0.29) is 17.3 Å². The zero-order chi connectivity index (χ0) is 23.5. The van der Waals surface area contributed by atoms with Crippen LogP contribution < -0.4 is 4.72 Å². The summed E-state index contributed by atoms with van der Waals surface area (Å²) in [5, 5.41) is 0. The lowest BCUT2D eigenvalue weighted by Gasteiger charge is -2.33. The summed E-state index contributed by atoms with van der Waals surface area (Å²) in [4.78, 5) is 4.47. The van der Waals surface area contributed by atoms with Crippen molar-refractivity contribution in [1.29, 1.82) is 0 Å². The van der Waals surface area contributed by atoms with E-state index >= 15 is 0 Å². The number of fused-ring (bicyclic) bond motifs is 1. The van der Waals surface area contributed by atoms with Gasteiger partial charge in [0.25, 0.3) is 10.2 Å². The van der Waals surface area contributed by atoms with Gasteiger partial charge in [0.05, 0.1) is 11.7 Å². The van der Waals surface area contributed by atoms with Crippen molar-refractivity contribution in [3.63, 3.8) is 0 Å². The van der Waals surface area contributed by atoms with Crippen LogP contribution in [0.1, 0.15) is 37.3 Å². The van der Waals surface area contributed by atoms with Crippen molar-refractivity contribution in [2.75, 3.05) is 13.1 Å². The number of hydrogen-bond donors (Lipinski definition) is 1. The molecule has 1 N–H and O–H groups in total. The van der Waals surface area contributed by atoms with E-state index in [1.54, 1.807) is 22.6 Å². The molecular formula is C26H28FN3O3S. The minimum Gasteiger partial charge on any atom is -0.436 e. The molecule has 1 spiro atoms. The second-order valence-electron chi connectivity index (χ2n) is 9.88. The summed E-state index contributed by atoms with van der Waals surface area (Å²) in [5.74, 6) is 1.41. The average Bonchev–Trinajstić information content (AvgIpc) is 3.45. The fourth-order valence-corrected chi connectivity index (χ4v) is 8.05. The maximum Gasteiger partial charge on any atom is 0.280 e. The molecule has 2 heterocycles. The van der Waals surface area contributed by atoms with E-state index in [9.17, 15) is 12.8 Å². The van der Waals surface area contributed by atoms with E-state index < -0.39 is 10.2 Å². The van der Waals surface area contributed by atoms with Crippen molar-refractivity contribution < 1.29 is 17.2 Å². The Morgan fingerprint density at radius 3 is 2.53 bits per heavy atom. The molecule has 1 aromatic heterocycles. The van der Waals surface area contributed by atoms with E-state index in [2.05, 4.69) is 21.8 Å². The van der Waals surface area contributed by atoms with Crippen molar-refractivity contribution >= 4 is 10.2 Å². The van der Waals surface area contributed by atoms with Gasteiger partial charge in [-0.2, -0.15) is 17.4 Å². The first-order valence-electron chi connectivity index (χ1n) is 12.0.